The third-order valence-electron chi connectivity index (χ3n) is 4.43. The maximum atomic E-state index is 12.2. The van der Waals surface area contributed by atoms with Gasteiger partial charge in [0.1, 0.15) is 13.2 Å². The number of ether oxygens (including phenoxy) is 3. The molecule has 1 saturated heterocycles. The fourth-order valence-corrected chi connectivity index (χ4v) is 3.09. The van der Waals surface area contributed by atoms with Gasteiger partial charge >= 0.3 is 6.03 Å². The zero-order valence-corrected chi connectivity index (χ0v) is 14.9. The van der Waals surface area contributed by atoms with Crippen LogP contribution >= 0.6 is 0 Å². The van der Waals surface area contributed by atoms with E-state index in [-0.39, 0.29) is 18.1 Å². The predicted molar refractivity (Wildman–Crippen MR) is 94.2 cm³/mol. The second kappa shape index (κ2) is 8.40. The summed E-state index contributed by atoms with van der Waals surface area (Å²) in [4.78, 5) is 14.6. The Morgan fingerprint density at radius 3 is 2.56 bits per heavy atom. The van der Waals surface area contributed by atoms with Gasteiger partial charge in [-0.3, -0.25) is 4.90 Å². The molecular formula is C18H27N3O4. The Morgan fingerprint density at radius 1 is 1.08 bits per heavy atom. The average Bonchev–Trinajstić information content (AvgIpc) is 2.61. The minimum Gasteiger partial charge on any atom is -0.486 e. The first-order valence-electron chi connectivity index (χ1n) is 8.88. The Bertz CT molecular complexity index is 590. The van der Waals surface area contributed by atoms with Crippen LogP contribution in [-0.4, -0.2) is 63.0 Å². The van der Waals surface area contributed by atoms with Crippen LogP contribution in [0, 0.1) is 0 Å². The molecule has 25 heavy (non-hydrogen) atoms. The summed E-state index contributed by atoms with van der Waals surface area (Å²) in [6.45, 7) is 9.29. The van der Waals surface area contributed by atoms with Crippen molar-refractivity contribution in [2.24, 2.45) is 0 Å². The minimum atomic E-state index is -0.164. The summed E-state index contributed by atoms with van der Waals surface area (Å²) >= 11 is 0. The molecule has 0 bridgehead atoms. The molecule has 0 aromatic heterocycles. The van der Waals surface area contributed by atoms with Crippen LogP contribution in [-0.2, 0) is 4.74 Å². The summed E-state index contributed by atoms with van der Waals surface area (Å²) in [7, 11) is 0. The molecule has 1 fully saturated rings. The first kappa shape index (κ1) is 17.8. The number of nitrogens with zero attached hydrogens (tertiary/aromatic N) is 1. The molecule has 3 rings (SSSR count). The van der Waals surface area contributed by atoms with Crippen molar-refractivity contribution in [2.45, 2.75) is 25.9 Å². The fraction of sp³-hybridized carbons (Fsp3) is 0.611. The van der Waals surface area contributed by atoms with Gasteiger partial charge in [0, 0.05) is 25.7 Å². The number of carbonyl (C=O) groups is 1. The van der Waals surface area contributed by atoms with Crippen molar-refractivity contribution in [3.8, 4) is 11.5 Å². The van der Waals surface area contributed by atoms with E-state index in [9.17, 15) is 4.79 Å². The van der Waals surface area contributed by atoms with Crippen LogP contribution in [0.2, 0.25) is 0 Å². The van der Waals surface area contributed by atoms with E-state index in [1.165, 1.54) is 0 Å². The van der Waals surface area contributed by atoms with E-state index < -0.39 is 0 Å². The van der Waals surface area contributed by atoms with Crippen molar-refractivity contribution in [3.63, 3.8) is 0 Å². The smallest absolute Gasteiger partial charge is 0.315 e. The van der Waals surface area contributed by atoms with Crippen LogP contribution < -0.4 is 20.1 Å². The zero-order valence-electron chi connectivity index (χ0n) is 14.9. The Kier molecular flexibility index (Phi) is 5.99. The van der Waals surface area contributed by atoms with Gasteiger partial charge < -0.3 is 24.8 Å². The zero-order chi connectivity index (χ0) is 17.6. The topological polar surface area (TPSA) is 72.1 Å². The average molecular weight is 349 g/mol. The first-order chi connectivity index (χ1) is 12.1. The van der Waals surface area contributed by atoms with E-state index in [1.807, 2.05) is 32.0 Å². The highest BCUT2D eigenvalue weighted by Gasteiger charge is 2.18. The van der Waals surface area contributed by atoms with Gasteiger partial charge in [0.05, 0.1) is 19.3 Å². The third-order valence-corrected chi connectivity index (χ3v) is 4.43. The highest BCUT2D eigenvalue weighted by atomic mass is 16.6. The maximum absolute atomic E-state index is 12.2. The highest BCUT2D eigenvalue weighted by Crippen LogP contribution is 2.32. The van der Waals surface area contributed by atoms with E-state index in [2.05, 4.69) is 15.5 Å². The number of carbonyl (C=O) groups excluding carboxylic acids is 1. The molecule has 2 aliphatic rings. The van der Waals surface area contributed by atoms with E-state index >= 15 is 0 Å². The molecule has 0 spiro atoms. The van der Waals surface area contributed by atoms with E-state index in [0.717, 1.165) is 49.9 Å². The van der Waals surface area contributed by atoms with Crippen molar-refractivity contribution in [1.29, 1.82) is 0 Å². The first-order valence-corrected chi connectivity index (χ1v) is 8.88. The van der Waals surface area contributed by atoms with Crippen LogP contribution in [0.3, 0.4) is 0 Å². The van der Waals surface area contributed by atoms with Crippen molar-refractivity contribution in [3.05, 3.63) is 23.8 Å². The minimum absolute atomic E-state index is 0.0746. The normalized spacial score (nSPS) is 19.8. The molecule has 2 amide bonds. The SMILES string of the molecule is C[C@@H](CN1CCOCC1)NC(=O)N[C@H](C)c1ccc2c(c1)OCCO2. The number of rotatable bonds is 5. The summed E-state index contributed by atoms with van der Waals surface area (Å²) in [6, 6.07) is 5.56. The van der Waals surface area contributed by atoms with Gasteiger partial charge in [-0.15, -0.1) is 0 Å². The van der Waals surface area contributed by atoms with Gasteiger partial charge in [-0.2, -0.15) is 0 Å². The van der Waals surface area contributed by atoms with Crippen LogP contribution in [0.15, 0.2) is 18.2 Å². The predicted octanol–water partition coefficient (Wildman–Crippen LogP) is 1.54. The van der Waals surface area contributed by atoms with Gasteiger partial charge in [-0.1, -0.05) is 6.07 Å². The molecule has 0 saturated carbocycles. The fourth-order valence-electron chi connectivity index (χ4n) is 3.09. The Balaban J connectivity index is 1.48. The molecule has 2 aliphatic heterocycles. The summed E-state index contributed by atoms with van der Waals surface area (Å²) in [5.74, 6) is 1.49. The molecule has 7 heteroatoms. The van der Waals surface area contributed by atoms with Gasteiger partial charge in [0.25, 0.3) is 0 Å². The largest absolute Gasteiger partial charge is 0.486 e. The van der Waals surface area contributed by atoms with E-state index in [0.29, 0.717) is 13.2 Å². The number of hydrogen-bond donors (Lipinski definition) is 2. The monoisotopic (exact) mass is 349 g/mol. The van der Waals surface area contributed by atoms with Crippen LogP contribution in [0.1, 0.15) is 25.5 Å². The van der Waals surface area contributed by atoms with Crippen LogP contribution in [0.4, 0.5) is 4.79 Å². The lowest BCUT2D eigenvalue weighted by Gasteiger charge is -2.29. The van der Waals surface area contributed by atoms with E-state index in [4.69, 9.17) is 14.2 Å². The Hall–Kier alpha value is -1.99. The second-order valence-corrected chi connectivity index (χ2v) is 6.56. The van der Waals surface area contributed by atoms with E-state index in [1.54, 1.807) is 0 Å². The number of nitrogens with one attached hydrogen (secondary N) is 2. The van der Waals surface area contributed by atoms with Crippen LogP contribution in [0.5, 0.6) is 11.5 Å². The molecule has 2 heterocycles. The van der Waals surface area contributed by atoms with Gasteiger partial charge in [0.15, 0.2) is 11.5 Å². The molecule has 1 aromatic rings. The molecular weight excluding hydrogens is 322 g/mol. The summed E-state index contributed by atoms with van der Waals surface area (Å²) in [5, 5.41) is 5.98. The van der Waals surface area contributed by atoms with Crippen molar-refractivity contribution in [1.82, 2.24) is 15.5 Å². The Labute approximate surface area is 148 Å². The van der Waals surface area contributed by atoms with Crippen molar-refractivity contribution >= 4 is 6.03 Å². The second-order valence-electron chi connectivity index (χ2n) is 6.56. The Morgan fingerprint density at radius 2 is 1.80 bits per heavy atom. The number of fused-ring (bicyclic) bond motifs is 1. The molecule has 0 aliphatic carbocycles. The molecule has 7 nitrogen and oxygen atoms in total. The number of morpholine rings is 1. The molecule has 138 valence electrons. The number of hydrogen-bond acceptors (Lipinski definition) is 5. The lowest BCUT2D eigenvalue weighted by Crippen LogP contribution is -2.48. The van der Waals surface area contributed by atoms with Crippen molar-refractivity contribution in [2.75, 3.05) is 46.1 Å². The summed E-state index contributed by atoms with van der Waals surface area (Å²) < 4.78 is 16.5. The lowest BCUT2D eigenvalue weighted by molar-refractivity contribution is 0.0349. The summed E-state index contributed by atoms with van der Waals surface area (Å²) in [5.41, 5.74) is 0.986. The standard InChI is InChI=1S/C18H27N3O4/c1-13(12-21-5-7-23-8-6-21)19-18(22)20-14(2)15-3-4-16-17(11-15)25-10-9-24-16/h3-4,11,13-14H,5-10,12H2,1-2H3,(H2,19,20,22)/t13-,14+/m0/s1. The van der Waals surface area contributed by atoms with Gasteiger partial charge in [-0.05, 0) is 31.5 Å². The number of urea groups is 1. The highest BCUT2D eigenvalue weighted by molar-refractivity contribution is 5.74. The van der Waals surface area contributed by atoms with Gasteiger partial charge in [0.2, 0.25) is 0 Å². The molecule has 0 unspecified atom stereocenters. The number of amides is 2. The number of benzene rings is 1. The van der Waals surface area contributed by atoms with Crippen molar-refractivity contribution < 1.29 is 19.0 Å². The van der Waals surface area contributed by atoms with Crippen LogP contribution in [0.25, 0.3) is 0 Å². The third kappa shape index (κ3) is 4.99. The quantitative estimate of drug-likeness (QED) is 0.844. The molecule has 2 N–H and O–H groups in total. The molecule has 2 atom stereocenters. The lowest BCUT2D eigenvalue weighted by atomic mass is 10.1. The summed E-state index contributed by atoms with van der Waals surface area (Å²) in [6.07, 6.45) is 0. The maximum Gasteiger partial charge on any atom is 0.315 e. The van der Waals surface area contributed by atoms with Gasteiger partial charge in [-0.25, -0.2) is 4.79 Å². The molecule has 1 aromatic carbocycles. The molecule has 0 radical (unpaired) electrons.